The van der Waals surface area contributed by atoms with Crippen LogP contribution in [-0.4, -0.2) is 30.1 Å². The Kier molecular flexibility index (Phi) is 4.17. The van der Waals surface area contributed by atoms with Gasteiger partial charge in [0.1, 0.15) is 6.10 Å². The summed E-state index contributed by atoms with van der Waals surface area (Å²) in [5.41, 5.74) is 1.19. The molecule has 1 aliphatic carbocycles. The summed E-state index contributed by atoms with van der Waals surface area (Å²) in [4.78, 5) is 20.3. The highest BCUT2D eigenvalue weighted by molar-refractivity contribution is 7.16. The van der Waals surface area contributed by atoms with Gasteiger partial charge in [-0.25, -0.2) is 4.98 Å². The molecule has 0 spiro atoms. The molecule has 20 heavy (non-hydrogen) atoms. The van der Waals surface area contributed by atoms with Crippen molar-refractivity contribution < 1.29 is 9.53 Å². The predicted molar refractivity (Wildman–Crippen MR) is 80.3 cm³/mol. The van der Waals surface area contributed by atoms with Crippen molar-refractivity contribution in [3.8, 4) is 0 Å². The number of hydrogen-bond acceptors (Lipinski definition) is 4. The topological polar surface area (TPSA) is 42.4 Å². The van der Waals surface area contributed by atoms with Gasteiger partial charge >= 0.3 is 0 Å². The van der Waals surface area contributed by atoms with Crippen LogP contribution in [0, 0.1) is 0 Å². The lowest BCUT2D eigenvalue weighted by molar-refractivity contribution is -0.127. The van der Waals surface area contributed by atoms with Crippen LogP contribution >= 0.6 is 11.3 Å². The van der Waals surface area contributed by atoms with Gasteiger partial charge in [0.25, 0.3) is 5.91 Å². The second-order valence-corrected chi connectivity index (χ2v) is 6.37. The van der Waals surface area contributed by atoms with Crippen molar-refractivity contribution in [2.24, 2.45) is 0 Å². The fourth-order valence-electron chi connectivity index (χ4n) is 2.79. The molecule has 1 amide bonds. The van der Waals surface area contributed by atoms with E-state index < -0.39 is 0 Å². The van der Waals surface area contributed by atoms with Crippen LogP contribution in [0.1, 0.15) is 36.3 Å². The molecule has 1 aromatic rings. The van der Waals surface area contributed by atoms with Gasteiger partial charge in [0.2, 0.25) is 0 Å². The van der Waals surface area contributed by atoms with Gasteiger partial charge in [-0.05, 0) is 38.5 Å². The number of fused-ring (bicyclic) bond motifs is 1. The number of nitrogens with zero attached hydrogens (tertiary/aromatic N) is 2. The van der Waals surface area contributed by atoms with Gasteiger partial charge in [-0.15, -0.1) is 17.9 Å². The van der Waals surface area contributed by atoms with Crippen molar-refractivity contribution in [2.45, 2.75) is 44.6 Å². The zero-order valence-electron chi connectivity index (χ0n) is 11.6. The van der Waals surface area contributed by atoms with Crippen LogP contribution in [0.15, 0.2) is 12.7 Å². The Morgan fingerprint density at radius 3 is 3.00 bits per heavy atom. The van der Waals surface area contributed by atoms with E-state index in [-0.39, 0.29) is 12.0 Å². The van der Waals surface area contributed by atoms with Crippen LogP contribution in [-0.2, 0) is 22.4 Å². The van der Waals surface area contributed by atoms with Crippen LogP contribution in [0.4, 0.5) is 5.13 Å². The second-order valence-electron chi connectivity index (χ2n) is 5.31. The lowest BCUT2D eigenvalue weighted by Gasteiger charge is -2.21. The van der Waals surface area contributed by atoms with Crippen molar-refractivity contribution in [3.05, 3.63) is 23.2 Å². The number of amides is 1. The Morgan fingerprint density at radius 2 is 2.30 bits per heavy atom. The highest BCUT2D eigenvalue weighted by Gasteiger charge is 2.30. The average Bonchev–Trinajstić information content (AvgIpc) is 3.12. The first-order valence-electron chi connectivity index (χ1n) is 7.32. The predicted octanol–water partition coefficient (Wildman–Crippen LogP) is 2.72. The highest BCUT2D eigenvalue weighted by Crippen LogP contribution is 2.32. The molecule has 0 saturated carbocycles. The van der Waals surface area contributed by atoms with Crippen LogP contribution in [0.3, 0.4) is 0 Å². The zero-order valence-corrected chi connectivity index (χ0v) is 12.5. The molecule has 1 aromatic heterocycles. The van der Waals surface area contributed by atoms with E-state index >= 15 is 0 Å². The van der Waals surface area contributed by atoms with Crippen LogP contribution in [0.2, 0.25) is 0 Å². The summed E-state index contributed by atoms with van der Waals surface area (Å²) < 4.78 is 5.52. The quantitative estimate of drug-likeness (QED) is 0.801. The van der Waals surface area contributed by atoms with Gasteiger partial charge in [-0.2, -0.15) is 0 Å². The van der Waals surface area contributed by atoms with E-state index in [1.54, 1.807) is 22.3 Å². The Balaban J connectivity index is 1.83. The number of carbonyl (C=O) groups is 1. The van der Waals surface area contributed by atoms with E-state index in [0.717, 1.165) is 30.8 Å². The number of rotatable bonds is 4. The summed E-state index contributed by atoms with van der Waals surface area (Å²) in [6, 6.07) is 0. The third-order valence-electron chi connectivity index (χ3n) is 3.85. The smallest absolute Gasteiger partial charge is 0.258 e. The molecule has 1 saturated heterocycles. The van der Waals surface area contributed by atoms with Gasteiger partial charge in [-0.1, -0.05) is 6.08 Å². The summed E-state index contributed by atoms with van der Waals surface area (Å²) in [6.07, 6.45) is 7.83. The molecule has 1 atom stereocenters. The molecule has 1 fully saturated rings. The lowest BCUT2D eigenvalue weighted by Crippen LogP contribution is -2.39. The van der Waals surface area contributed by atoms with Crippen molar-refractivity contribution in [3.63, 3.8) is 0 Å². The van der Waals surface area contributed by atoms with Crippen LogP contribution in [0.5, 0.6) is 0 Å². The van der Waals surface area contributed by atoms with Crippen LogP contribution < -0.4 is 4.90 Å². The normalized spacial score (nSPS) is 21.5. The van der Waals surface area contributed by atoms with Crippen molar-refractivity contribution in [1.82, 2.24) is 4.98 Å². The molecule has 5 heteroatoms. The van der Waals surface area contributed by atoms with Crippen LogP contribution in [0.25, 0.3) is 0 Å². The maximum Gasteiger partial charge on any atom is 0.258 e. The molecule has 2 heterocycles. The second kappa shape index (κ2) is 6.06. The Bertz CT molecular complexity index is 482. The summed E-state index contributed by atoms with van der Waals surface area (Å²) in [6.45, 7) is 4.95. The standard InChI is InChI=1S/C15H20N2O2S/c1-2-9-17(14(18)12-7-5-10-19-12)15-16-11-6-3-4-8-13(11)20-15/h2,12H,1,3-10H2/t12-/m0/s1. The van der Waals surface area contributed by atoms with Crippen molar-refractivity contribution in [2.75, 3.05) is 18.1 Å². The van der Waals surface area contributed by atoms with E-state index in [9.17, 15) is 4.79 Å². The van der Waals surface area contributed by atoms with Crippen molar-refractivity contribution in [1.29, 1.82) is 0 Å². The number of hydrogen-bond donors (Lipinski definition) is 0. The van der Waals surface area contributed by atoms with Crippen molar-refractivity contribution >= 4 is 22.4 Å². The minimum absolute atomic E-state index is 0.0356. The third-order valence-corrected chi connectivity index (χ3v) is 5.03. The van der Waals surface area contributed by atoms with Gasteiger partial charge in [0.05, 0.1) is 5.69 Å². The Labute approximate surface area is 123 Å². The molecule has 0 unspecified atom stereocenters. The van der Waals surface area contributed by atoms with E-state index in [2.05, 4.69) is 11.6 Å². The minimum atomic E-state index is -0.295. The third kappa shape index (κ3) is 2.65. The van der Waals surface area contributed by atoms with E-state index in [0.29, 0.717) is 13.2 Å². The van der Waals surface area contributed by atoms with E-state index in [1.807, 2.05) is 0 Å². The minimum Gasteiger partial charge on any atom is -0.368 e. The molecule has 3 rings (SSSR count). The molecule has 1 aliphatic heterocycles. The van der Waals surface area contributed by atoms with Gasteiger partial charge < -0.3 is 4.74 Å². The zero-order chi connectivity index (χ0) is 13.9. The summed E-state index contributed by atoms with van der Waals surface area (Å²) in [5.74, 6) is 0.0356. The fraction of sp³-hybridized carbons (Fsp3) is 0.600. The average molecular weight is 292 g/mol. The Hall–Kier alpha value is -1.20. The highest BCUT2D eigenvalue weighted by atomic mass is 32.1. The Morgan fingerprint density at radius 1 is 1.45 bits per heavy atom. The lowest BCUT2D eigenvalue weighted by atomic mass is 10.0. The monoisotopic (exact) mass is 292 g/mol. The maximum atomic E-state index is 12.6. The van der Waals surface area contributed by atoms with E-state index in [4.69, 9.17) is 4.74 Å². The molecule has 108 valence electrons. The largest absolute Gasteiger partial charge is 0.368 e. The number of aryl methyl sites for hydroxylation is 2. The molecule has 0 N–H and O–H groups in total. The van der Waals surface area contributed by atoms with Gasteiger partial charge in [0, 0.05) is 18.0 Å². The molecular formula is C15H20N2O2S. The molecular weight excluding hydrogens is 272 g/mol. The molecule has 2 aliphatic rings. The number of aromatic nitrogens is 1. The summed E-state index contributed by atoms with van der Waals surface area (Å²) in [7, 11) is 0. The summed E-state index contributed by atoms with van der Waals surface area (Å²) >= 11 is 1.66. The number of ether oxygens (including phenoxy) is 1. The number of anilines is 1. The molecule has 0 bridgehead atoms. The van der Waals surface area contributed by atoms with Gasteiger partial charge in [0.15, 0.2) is 5.13 Å². The first-order chi connectivity index (χ1) is 9.79. The SMILES string of the molecule is C=CCN(C(=O)[C@@H]1CCCO1)c1nc2c(s1)CCCC2. The van der Waals surface area contributed by atoms with E-state index in [1.165, 1.54) is 23.4 Å². The first kappa shape index (κ1) is 13.8. The maximum absolute atomic E-state index is 12.6. The first-order valence-corrected chi connectivity index (χ1v) is 8.13. The number of carbonyl (C=O) groups excluding carboxylic acids is 1. The fourth-order valence-corrected chi connectivity index (χ4v) is 3.95. The molecule has 4 nitrogen and oxygen atoms in total. The molecule has 0 radical (unpaired) electrons. The molecule has 0 aromatic carbocycles. The summed E-state index contributed by atoms with van der Waals surface area (Å²) in [5, 5.41) is 0.817. The van der Waals surface area contributed by atoms with Gasteiger partial charge in [-0.3, -0.25) is 9.69 Å². The number of thiazole rings is 1.